The van der Waals surface area contributed by atoms with E-state index >= 15 is 0 Å². The fourth-order valence-electron chi connectivity index (χ4n) is 3.54. The van der Waals surface area contributed by atoms with Gasteiger partial charge in [-0.05, 0) is 54.0 Å². The number of rotatable bonds is 7. The van der Waals surface area contributed by atoms with Crippen molar-refractivity contribution in [1.82, 2.24) is 10.6 Å². The number of carbonyl (C=O) groups is 2. The Labute approximate surface area is 173 Å². The Hall–Kier alpha value is -2.82. The molecule has 0 spiro atoms. The van der Waals surface area contributed by atoms with Gasteiger partial charge in [0.1, 0.15) is 0 Å². The Balaban J connectivity index is 1.41. The van der Waals surface area contributed by atoms with Crippen LogP contribution in [0.3, 0.4) is 0 Å². The van der Waals surface area contributed by atoms with Crippen molar-refractivity contribution in [3.05, 3.63) is 65.2 Å². The summed E-state index contributed by atoms with van der Waals surface area (Å²) in [5.74, 6) is -0.771. The molecule has 0 saturated carbocycles. The lowest BCUT2D eigenvalue weighted by molar-refractivity contribution is -0.139. The number of aryl methyl sites for hydroxylation is 1. The maximum absolute atomic E-state index is 11.7. The van der Waals surface area contributed by atoms with Crippen LogP contribution in [0.4, 0.5) is 5.69 Å². The zero-order valence-corrected chi connectivity index (χ0v) is 17.4. The molecule has 1 aliphatic heterocycles. The number of amides is 2. The number of anilines is 1. The van der Waals surface area contributed by atoms with E-state index in [0.717, 1.165) is 32.4 Å². The largest absolute Gasteiger partial charge is 0.367 e. The minimum Gasteiger partial charge on any atom is -0.367 e. The molecule has 0 saturated heterocycles. The van der Waals surface area contributed by atoms with Crippen molar-refractivity contribution in [2.45, 2.75) is 39.7 Å². The molecule has 0 unspecified atom stereocenters. The summed E-state index contributed by atoms with van der Waals surface area (Å²) < 4.78 is 0. The average molecular weight is 394 g/mol. The van der Waals surface area contributed by atoms with E-state index in [1.165, 1.54) is 22.4 Å². The van der Waals surface area contributed by atoms with Crippen molar-refractivity contribution in [2.24, 2.45) is 5.92 Å². The van der Waals surface area contributed by atoms with Crippen LogP contribution in [0, 0.1) is 5.92 Å². The van der Waals surface area contributed by atoms with Gasteiger partial charge in [-0.1, -0.05) is 50.2 Å². The van der Waals surface area contributed by atoms with Crippen LogP contribution in [0.5, 0.6) is 0 Å². The topological polar surface area (TPSA) is 61.4 Å². The van der Waals surface area contributed by atoms with Crippen LogP contribution in [-0.2, 0) is 29.0 Å². The van der Waals surface area contributed by atoms with Gasteiger partial charge < -0.3 is 15.5 Å². The molecule has 1 heterocycles. The van der Waals surface area contributed by atoms with E-state index in [2.05, 4.69) is 64.1 Å². The van der Waals surface area contributed by atoms with Gasteiger partial charge in [0.2, 0.25) is 0 Å². The number of carbonyl (C=O) groups excluding carboxylic acids is 2. The van der Waals surface area contributed by atoms with Gasteiger partial charge in [0.25, 0.3) is 0 Å². The minimum atomic E-state index is -0.550. The van der Waals surface area contributed by atoms with Crippen LogP contribution in [0.2, 0.25) is 0 Å². The number of nitrogens with zero attached hydrogens (tertiary/aromatic N) is 1. The van der Waals surface area contributed by atoms with E-state index in [1.54, 1.807) is 0 Å². The quantitative estimate of drug-likeness (QED) is 0.561. The average Bonchev–Trinajstić information content (AvgIpc) is 2.75. The molecule has 0 aliphatic carbocycles. The number of benzene rings is 2. The lowest BCUT2D eigenvalue weighted by Crippen LogP contribution is -2.41. The van der Waals surface area contributed by atoms with Crippen LogP contribution in [0.25, 0.3) is 0 Å². The highest BCUT2D eigenvalue weighted by Gasteiger charge is 2.16. The first-order valence-corrected chi connectivity index (χ1v) is 10.5. The molecule has 0 bridgehead atoms. The second kappa shape index (κ2) is 10.1. The Morgan fingerprint density at radius 3 is 2.38 bits per heavy atom. The molecule has 2 aromatic carbocycles. The standard InChI is InChI=1S/C24H31N3O2/c1-18(2)16-26-24(29)23(28)25-14-5-6-19-9-11-22(12-10-19)27-15-13-20-7-3-4-8-21(20)17-27/h3-4,7-12,18H,5-6,13-17H2,1-2H3,(H,25,28)(H,26,29). The maximum Gasteiger partial charge on any atom is 0.309 e. The molecular formula is C24H31N3O2. The normalized spacial score (nSPS) is 13.1. The third-order valence-electron chi connectivity index (χ3n) is 5.24. The molecule has 154 valence electrons. The number of nitrogens with one attached hydrogen (secondary N) is 2. The Bertz CT molecular complexity index is 830. The summed E-state index contributed by atoms with van der Waals surface area (Å²) >= 11 is 0. The molecule has 1 aliphatic rings. The summed E-state index contributed by atoms with van der Waals surface area (Å²) in [4.78, 5) is 25.8. The van der Waals surface area contributed by atoms with Crippen molar-refractivity contribution in [3.63, 3.8) is 0 Å². The first-order chi connectivity index (χ1) is 14.0. The van der Waals surface area contributed by atoms with Crippen molar-refractivity contribution in [3.8, 4) is 0 Å². The summed E-state index contributed by atoms with van der Waals surface area (Å²) in [6.45, 7) is 7.00. The fourth-order valence-corrected chi connectivity index (χ4v) is 3.54. The molecule has 0 aromatic heterocycles. The molecule has 2 aromatic rings. The third-order valence-corrected chi connectivity index (χ3v) is 5.24. The van der Waals surface area contributed by atoms with Crippen LogP contribution in [-0.4, -0.2) is 31.4 Å². The van der Waals surface area contributed by atoms with E-state index in [-0.39, 0.29) is 0 Å². The van der Waals surface area contributed by atoms with Crippen LogP contribution < -0.4 is 15.5 Å². The Kier molecular flexibility index (Phi) is 7.28. The van der Waals surface area contributed by atoms with E-state index in [4.69, 9.17) is 0 Å². The lowest BCUT2D eigenvalue weighted by Gasteiger charge is -2.30. The van der Waals surface area contributed by atoms with Gasteiger partial charge in [0.15, 0.2) is 0 Å². The smallest absolute Gasteiger partial charge is 0.309 e. The predicted octanol–water partition coefficient (Wildman–Crippen LogP) is 3.07. The van der Waals surface area contributed by atoms with Gasteiger partial charge >= 0.3 is 11.8 Å². The number of hydrogen-bond acceptors (Lipinski definition) is 3. The molecule has 2 amide bonds. The molecule has 0 radical (unpaired) electrons. The summed E-state index contributed by atoms with van der Waals surface area (Å²) in [5, 5.41) is 5.32. The SMILES string of the molecule is CC(C)CNC(=O)C(=O)NCCCc1ccc(N2CCc3ccccc3C2)cc1. The van der Waals surface area contributed by atoms with Crippen molar-refractivity contribution in [1.29, 1.82) is 0 Å². The van der Waals surface area contributed by atoms with Crippen molar-refractivity contribution >= 4 is 17.5 Å². The maximum atomic E-state index is 11.7. The summed E-state index contributed by atoms with van der Waals surface area (Å²) in [6, 6.07) is 17.3. The van der Waals surface area contributed by atoms with Crippen molar-refractivity contribution < 1.29 is 9.59 Å². The summed E-state index contributed by atoms with van der Waals surface area (Å²) in [7, 11) is 0. The summed E-state index contributed by atoms with van der Waals surface area (Å²) in [5.41, 5.74) is 5.36. The first kappa shape index (κ1) is 20.9. The molecule has 0 fully saturated rings. The number of hydrogen-bond donors (Lipinski definition) is 2. The van der Waals surface area contributed by atoms with E-state index in [9.17, 15) is 9.59 Å². The first-order valence-electron chi connectivity index (χ1n) is 10.5. The minimum absolute atomic E-state index is 0.328. The Morgan fingerprint density at radius 1 is 0.966 bits per heavy atom. The van der Waals surface area contributed by atoms with E-state index in [0.29, 0.717) is 19.0 Å². The molecule has 3 rings (SSSR count). The van der Waals surface area contributed by atoms with Gasteiger partial charge in [-0.2, -0.15) is 0 Å². The predicted molar refractivity (Wildman–Crippen MR) is 117 cm³/mol. The highest BCUT2D eigenvalue weighted by Crippen LogP contribution is 2.24. The lowest BCUT2D eigenvalue weighted by atomic mass is 9.99. The van der Waals surface area contributed by atoms with Crippen molar-refractivity contribution in [2.75, 3.05) is 24.5 Å². The van der Waals surface area contributed by atoms with Gasteiger partial charge in [0, 0.05) is 31.9 Å². The van der Waals surface area contributed by atoms with Gasteiger partial charge in [-0.3, -0.25) is 9.59 Å². The molecule has 5 nitrogen and oxygen atoms in total. The monoisotopic (exact) mass is 393 g/mol. The second-order valence-corrected chi connectivity index (χ2v) is 8.07. The van der Waals surface area contributed by atoms with Crippen LogP contribution >= 0.6 is 0 Å². The van der Waals surface area contributed by atoms with E-state index in [1.807, 2.05) is 13.8 Å². The zero-order valence-electron chi connectivity index (χ0n) is 17.4. The fraction of sp³-hybridized carbons (Fsp3) is 0.417. The Morgan fingerprint density at radius 2 is 1.66 bits per heavy atom. The van der Waals surface area contributed by atoms with Gasteiger partial charge in [-0.15, -0.1) is 0 Å². The van der Waals surface area contributed by atoms with E-state index < -0.39 is 11.8 Å². The number of fused-ring (bicyclic) bond motifs is 1. The molecular weight excluding hydrogens is 362 g/mol. The molecule has 0 atom stereocenters. The molecule has 5 heteroatoms. The summed E-state index contributed by atoms with van der Waals surface area (Å²) in [6.07, 6.45) is 2.76. The molecule has 2 N–H and O–H groups in total. The highest BCUT2D eigenvalue weighted by atomic mass is 16.2. The zero-order chi connectivity index (χ0) is 20.6. The van der Waals surface area contributed by atoms with Gasteiger partial charge in [0.05, 0.1) is 0 Å². The molecule has 29 heavy (non-hydrogen) atoms. The third kappa shape index (κ3) is 6.08. The van der Waals surface area contributed by atoms with Crippen LogP contribution in [0.15, 0.2) is 48.5 Å². The van der Waals surface area contributed by atoms with Gasteiger partial charge in [-0.25, -0.2) is 0 Å². The highest BCUT2D eigenvalue weighted by molar-refractivity contribution is 6.35. The van der Waals surface area contributed by atoms with Crippen LogP contribution in [0.1, 0.15) is 37.0 Å². The second-order valence-electron chi connectivity index (χ2n) is 8.07.